The van der Waals surface area contributed by atoms with Gasteiger partial charge >= 0.3 is 0 Å². The van der Waals surface area contributed by atoms with E-state index in [2.05, 4.69) is 12.2 Å². The van der Waals surface area contributed by atoms with Crippen molar-refractivity contribution < 1.29 is 14.0 Å². The predicted molar refractivity (Wildman–Crippen MR) is 70.0 cm³/mol. The van der Waals surface area contributed by atoms with Crippen LogP contribution in [0.5, 0.6) is 0 Å². The molecule has 5 heteroatoms. The Bertz CT molecular complexity index is 467. The van der Waals surface area contributed by atoms with E-state index in [1.54, 1.807) is 6.92 Å². The van der Waals surface area contributed by atoms with Gasteiger partial charge in [-0.15, -0.1) is 0 Å². The van der Waals surface area contributed by atoms with Crippen LogP contribution in [0, 0.1) is 5.92 Å². The molecule has 0 radical (unpaired) electrons. The van der Waals surface area contributed by atoms with Crippen LogP contribution in [0.25, 0.3) is 0 Å². The number of rotatable bonds is 6. The van der Waals surface area contributed by atoms with Gasteiger partial charge < -0.3 is 9.73 Å². The second-order valence-corrected chi connectivity index (χ2v) is 4.97. The number of nitrogens with one attached hydrogen (secondary N) is 1. The second kappa shape index (κ2) is 6.02. The first kappa shape index (κ1) is 13.8. The van der Waals surface area contributed by atoms with Crippen LogP contribution < -0.4 is 5.32 Å². The van der Waals surface area contributed by atoms with Gasteiger partial charge in [0, 0.05) is 12.3 Å². The second-order valence-electron chi connectivity index (χ2n) is 4.97. The molecule has 1 unspecified atom stereocenters. The van der Waals surface area contributed by atoms with Crippen LogP contribution >= 0.6 is 0 Å². The first-order chi connectivity index (χ1) is 9.11. The molecule has 0 spiro atoms. The topological polar surface area (TPSA) is 62.6 Å². The number of likely N-dealkylation sites (tertiary alicyclic amines) is 1. The average Bonchev–Trinajstić information content (AvgIpc) is 2.91. The van der Waals surface area contributed by atoms with E-state index in [-0.39, 0.29) is 24.3 Å². The normalized spacial score (nSPS) is 19.5. The Morgan fingerprint density at radius 3 is 2.74 bits per heavy atom. The number of imide groups is 1. The van der Waals surface area contributed by atoms with Crippen molar-refractivity contribution in [2.45, 2.75) is 39.8 Å². The summed E-state index contributed by atoms with van der Waals surface area (Å²) in [7, 11) is 0. The fraction of sp³-hybridized carbons (Fsp3) is 0.571. The van der Waals surface area contributed by atoms with E-state index in [9.17, 15) is 9.59 Å². The van der Waals surface area contributed by atoms with Gasteiger partial charge in [0.05, 0.1) is 13.1 Å². The van der Waals surface area contributed by atoms with E-state index in [1.165, 1.54) is 4.90 Å². The maximum atomic E-state index is 11.8. The Morgan fingerprint density at radius 1 is 1.37 bits per heavy atom. The summed E-state index contributed by atoms with van der Waals surface area (Å²) in [5.41, 5.74) is 0. The number of furan rings is 1. The number of amides is 2. The van der Waals surface area contributed by atoms with Crippen molar-refractivity contribution in [1.29, 1.82) is 0 Å². The van der Waals surface area contributed by atoms with Crippen molar-refractivity contribution in [2.75, 3.05) is 6.54 Å². The molecule has 1 saturated heterocycles. The molecule has 104 valence electrons. The van der Waals surface area contributed by atoms with E-state index in [4.69, 9.17) is 4.42 Å². The molecule has 1 aromatic heterocycles. The van der Waals surface area contributed by atoms with Gasteiger partial charge in [-0.2, -0.15) is 0 Å². The molecule has 19 heavy (non-hydrogen) atoms. The first-order valence-electron chi connectivity index (χ1n) is 6.74. The minimum absolute atomic E-state index is 0.105. The zero-order valence-corrected chi connectivity index (χ0v) is 11.4. The predicted octanol–water partition coefficient (Wildman–Crippen LogP) is 1.67. The molecule has 2 rings (SSSR count). The molecule has 0 bridgehead atoms. The van der Waals surface area contributed by atoms with E-state index in [0.717, 1.165) is 18.7 Å². The molecule has 0 aliphatic carbocycles. The van der Waals surface area contributed by atoms with Gasteiger partial charge in [-0.1, -0.05) is 13.8 Å². The van der Waals surface area contributed by atoms with Crippen molar-refractivity contribution in [3.05, 3.63) is 23.7 Å². The van der Waals surface area contributed by atoms with Crippen LogP contribution in [0.2, 0.25) is 0 Å². The Hall–Kier alpha value is -1.62. The molecular weight excluding hydrogens is 244 g/mol. The highest BCUT2D eigenvalue weighted by Gasteiger charge is 2.35. The van der Waals surface area contributed by atoms with Crippen molar-refractivity contribution in [3.63, 3.8) is 0 Å². The monoisotopic (exact) mass is 264 g/mol. The number of nitrogens with zero attached hydrogens (tertiary/aromatic N) is 1. The summed E-state index contributed by atoms with van der Waals surface area (Å²) in [6.07, 6.45) is 1.38. The fourth-order valence-electron chi connectivity index (χ4n) is 2.16. The molecule has 1 aromatic rings. The molecule has 1 aliphatic rings. The molecule has 1 aliphatic heterocycles. The molecule has 2 heterocycles. The van der Waals surface area contributed by atoms with Crippen molar-refractivity contribution in [1.82, 2.24) is 10.2 Å². The zero-order valence-electron chi connectivity index (χ0n) is 11.4. The third-order valence-electron chi connectivity index (χ3n) is 3.23. The fourth-order valence-corrected chi connectivity index (χ4v) is 2.16. The minimum Gasteiger partial charge on any atom is -0.463 e. The summed E-state index contributed by atoms with van der Waals surface area (Å²) in [6.45, 7) is 5.74. The highest BCUT2D eigenvalue weighted by Crippen LogP contribution is 2.21. The summed E-state index contributed by atoms with van der Waals surface area (Å²) in [5.74, 6) is 1.07. The maximum absolute atomic E-state index is 11.8. The Balaban J connectivity index is 1.93. The van der Waals surface area contributed by atoms with Gasteiger partial charge in [-0.05, 0) is 25.1 Å². The lowest BCUT2D eigenvalue weighted by atomic mass is 10.1. The van der Waals surface area contributed by atoms with Crippen LogP contribution in [0.4, 0.5) is 0 Å². The third kappa shape index (κ3) is 3.23. The quantitative estimate of drug-likeness (QED) is 0.627. The molecule has 1 fully saturated rings. The Kier molecular flexibility index (Phi) is 4.37. The van der Waals surface area contributed by atoms with Gasteiger partial charge in [0.1, 0.15) is 11.5 Å². The van der Waals surface area contributed by atoms with Gasteiger partial charge in [-0.25, -0.2) is 0 Å². The van der Waals surface area contributed by atoms with Crippen LogP contribution in [0.15, 0.2) is 16.5 Å². The van der Waals surface area contributed by atoms with Crippen molar-refractivity contribution >= 4 is 11.8 Å². The highest BCUT2D eigenvalue weighted by atomic mass is 16.3. The zero-order chi connectivity index (χ0) is 13.8. The number of hydrogen-bond donors (Lipinski definition) is 1. The van der Waals surface area contributed by atoms with Gasteiger partial charge in [-0.3, -0.25) is 14.5 Å². The Morgan fingerprint density at radius 2 is 2.11 bits per heavy atom. The third-order valence-corrected chi connectivity index (χ3v) is 3.23. The van der Waals surface area contributed by atoms with E-state index in [0.29, 0.717) is 18.7 Å². The summed E-state index contributed by atoms with van der Waals surface area (Å²) < 4.78 is 5.62. The van der Waals surface area contributed by atoms with Gasteiger partial charge in [0.2, 0.25) is 11.8 Å². The lowest BCUT2D eigenvalue weighted by molar-refractivity contribution is -0.140. The lowest BCUT2D eigenvalue weighted by Crippen LogP contribution is -2.29. The van der Waals surface area contributed by atoms with Crippen molar-refractivity contribution in [2.24, 2.45) is 5.92 Å². The maximum Gasteiger partial charge on any atom is 0.232 e. The molecular formula is C14H20N2O3. The summed E-state index contributed by atoms with van der Waals surface area (Å²) >= 11 is 0. The first-order valence-corrected chi connectivity index (χ1v) is 6.74. The minimum atomic E-state index is -0.201. The number of carbonyl (C=O) groups excluding carboxylic acids is 2. The van der Waals surface area contributed by atoms with Crippen LogP contribution in [-0.4, -0.2) is 23.3 Å². The number of hydrogen-bond acceptors (Lipinski definition) is 4. The van der Waals surface area contributed by atoms with Gasteiger partial charge in [0.15, 0.2) is 0 Å². The molecule has 5 nitrogen and oxygen atoms in total. The van der Waals surface area contributed by atoms with E-state index in [1.807, 2.05) is 12.1 Å². The van der Waals surface area contributed by atoms with E-state index < -0.39 is 0 Å². The molecule has 1 atom stereocenters. The standard InChI is InChI=1S/C14H20N2O3/c1-3-6-15-8-11-4-5-12(19-11)9-16-13(17)7-10(2)14(16)18/h4-5,10,15H,3,6-9H2,1-2H3. The summed E-state index contributed by atoms with van der Waals surface area (Å²) in [5, 5.41) is 3.24. The molecule has 0 aromatic carbocycles. The lowest BCUT2D eigenvalue weighted by Gasteiger charge is -2.12. The Labute approximate surface area is 113 Å². The van der Waals surface area contributed by atoms with Crippen molar-refractivity contribution in [3.8, 4) is 0 Å². The van der Waals surface area contributed by atoms with Gasteiger partial charge in [0.25, 0.3) is 0 Å². The van der Waals surface area contributed by atoms with Crippen LogP contribution in [0.3, 0.4) is 0 Å². The SMILES string of the molecule is CCCNCc1ccc(CN2C(=O)CC(C)C2=O)o1. The summed E-state index contributed by atoms with van der Waals surface area (Å²) in [6, 6.07) is 3.71. The molecule has 0 saturated carbocycles. The number of carbonyl (C=O) groups is 2. The average molecular weight is 264 g/mol. The molecule has 2 amide bonds. The molecule has 1 N–H and O–H groups in total. The summed E-state index contributed by atoms with van der Waals surface area (Å²) in [4.78, 5) is 24.7. The highest BCUT2D eigenvalue weighted by molar-refractivity contribution is 6.03. The van der Waals surface area contributed by atoms with Crippen LogP contribution in [-0.2, 0) is 22.7 Å². The van der Waals surface area contributed by atoms with Crippen LogP contribution in [0.1, 0.15) is 38.2 Å². The largest absolute Gasteiger partial charge is 0.463 e. The smallest absolute Gasteiger partial charge is 0.232 e. The van der Waals surface area contributed by atoms with E-state index >= 15 is 0 Å².